The molecule has 2 aromatic rings. The lowest BCUT2D eigenvalue weighted by atomic mass is 10.2. The third kappa shape index (κ3) is 1.74. The van der Waals surface area contributed by atoms with E-state index in [1.165, 1.54) is 0 Å². The zero-order valence-electron chi connectivity index (χ0n) is 8.44. The summed E-state index contributed by atoms with van der Waals surface area (Å²) in [6.07, 6.45) is 3.48. The van der Waals surface area contributed by atoms with Gasteiger partial charge in [0.25, 0.3) is 5.91 Å². The molecule has 0 bridgehead atoms. The van der Waals surface area contributed by atoms with E-state index in [0.717, 1.165) is 10.3 Å². The lowest BCUT2D eigenvalue weighted by Crippen LogP contribution is -2.21. The van der Waals surface area contributed by atoms with E-state index < -0.39 is 0 Å². The molecule has 0 saturated heterocycles. The summed E-state index contributed by atoms with van der Waals surface area (Å²) in [5, 5.41) is 0. The van der Waals surface area contributed by atoms with Crippen LogP contribution >= 0.6 is 15.9 Å². The third-order valence-electron chi connectivity index (χ3n) is 2.11. The number of aromatic nitrogens is 2. The van der Waals surface area contributed by atoms with Crippen molar-refractivity contribution in [3.05, 3.63) is 34.7 Å². The summed E-state index contributed by atoms with van der Waals surface area (Å²) in [6, 6.07) is 3.60. The van der Waals surface area contributed by atoms with E-state index in [2.05, 4.69) is 20.9 Å². The number of rotatable bonds is 1. The Morgan fingerprint density at radius 1 is 1.47 bits per heavy atom. The molecule has 0 saturated carbocycles. The summed E-state index contributed by atoms with van der Waals surface area (Å²) < 4.78 is 2.67. The maximum Gasteiger partial charge on any atom is 0.254 e. The average Bonchev–Trinajstić information content (AvgIpc) is 2.59. The maximum atomic E-state index is 11.7. The number of hydrogen-bond donors (Lipinski definition) is 0. The van der Waals surface area contributed by atoms with Gasteiger partial charge in [-0.3, -0.25) is 9.20 Å². The molecule has 0 aliphatic rings. The molecule has 4 nitrogen and oxygen atoms in total. The molecule has 0 atom stereocenters. The number of carbonyl (C=O) groups is 1. The van der Waals surface area contributed by atoms with Gasteiger partial charge in [-0.15, -0.1) is 0 Å². The Bertz CT molecular complexity index is 518. The largest absolute Gasteiger partial charge is 0.345 e. The molecule has 15 heavy (non-hydrogen) atoms. The second-order valence-electron chi connectivity index (χ2n) is 3.43. The normalized spacial score (nSPS) is 10.6. The highest BCUT2D eigenvalue weighted by atomic mass is 79.9. The van der Waals surface area contributed by atoms with Gasteiger partial charge in [0.05, 0.1) is 11.8 Å². The smallest absolute Gasteiger partial charge is 0.254 e. The van der Waals surface area contributed by atoms with Crippen molar-refractivity contribution in [2.75, 3.05) is 14.1 Å². The maximum absolute atomic E-state index is 11.7. The second kappa shape index (κ2) is 3.66. The van der Waals surface area contributed by atoms with E-state index in [-0.39, 0.29) is 5.91 Å². The molecule has 0 unspecified atom stereocenters. The fourth-order valence-corrected chi connectivity index (χ4v) is 1.72. The number of halogens is 1. The summed E-state index contributed by atoms with van der Waals surface area (Å²) in [5.74, 6) is -0.0162. The summed E-state index contributed by atoms with van der Waals surface area (Å²) >= 11 is 3.36. The van der Waals surface area contributed by atoms with E-state index in [1.807, 2.05) is 10.5 Å². The van der Waals surface area contributed by atoms with Crippen LogP contribution < -0.4 is 0 Å². The van der Waals surface area contributed by atoms with Gasteiger partial charge in [0, 0.05) is 20.3 Å². The Hall–Kier alpha value is -1.36. The van der Waals surface area contributed by atoms with Crippen molar-refractivity contribution < 1.29 is 4.79 Å². The van der Waals surface area contributed by atoms with E-state index in [4.69, 9.17) is 0 Å². The number of carbonyl (C=O) groups excluding carboxylic acids is 1. The molecule has 0 radical (unpaired) electrons. The number of nitrogens with zero attached hydrogens (tertiary/aromatic N) is 3. The molecule has 0 spiro atoms. The fourth-order valence-electron chi connectivity index (χ4n) is 1.34. The minimum atomic E-state index is -0.0162. The number of hydrogen-bond acceptors (Lipinski definition) is 2. The third-order valence-corrected chi connectivity index (χ3v) is 2.70. The minimum Gasteiger partial charge on any atom is -0.345 e. The van der Waals surface area contributed by atoms with E-state index in [9.17, 15) is 4.79 Å². The Labute approximate surface area is 95.7 Å². The quantitative estimate of drug-likeness (QED) is 0.790. The molecule has 5 heteroatoms. The summed E-state index contributed by atoms with van der Waals surface area (Å²) in [6.45, 7) is 0. The van der Waals surface area contributed by atoms with Gasteiger partial charge in [-0.05, 0) is 28.1 Å². The van der Waals surface area contributed by atoms with Gasteiger partial charge < -0.3 is 4.90 Å². The molecule has 2 aromatic heterocycles. The van der Waals surface area contributed by atoms with Crippen molar-refractivity contribution in [2.45, 2.75) is 0 Å². The van der Waals surface area contributed by atoms with Crippen LogP contribution in [0.2, 0.25) is 0 Å². The molecule has 78 valence electrons. The summed E-state index contributed by atoms with van der Waals surface area (Å²) in [4.78, 5) is 17.4. The van der Waals surface area contributed by atoms with Crippen molar-refractivity contribution in [1.29, 1.82) is 0 Å². The molecule has 2 rings (SSSR count). The van der Waals surface area contributed by atoms with Gasteiger partial charge in [-0.1, -0.05) is 0 Å². The highest BCUT2D eigenvalue weighted by Gasteiger charge is 2.09. The van der Waals surface area contributed by atoms with Gasteiger partial charge in [0.2, 0.25) is 0 Å². The van der Waals surface area contributed by atoms with Gasteiger partial charge in [-0.2, -0.15) is 0 Å². The molecular formula is C10H10BrN3O. The molecule has 0 fully saturated rings. The lowest BCUT2D eigenvalue weighted by molar-refractivity contribution is 0.0827. The Kier molecular flexibility index (Phi) is 2.48. The predicted molar refractivity (Wildman–Crippen MR) is 60.9 cm³/mol. The van der Waals surface area contributed by atoms with Crippen molar-refractivity contribution in [2.24, 2.45) is 0 Å². The van der Waals surface area contributed by atoms with Crippen LogP contribution in [0.3, 0.4) is 0 Å². The monoisotopic (exact) mass is 267 g/mol. The molecule has 2 heterocycles. The Morgan fingerprint density at radius 2 is 2.20 bits per heavy atom. The lowest BCUT2D eigenvalue weighted by Gasteiger charge is -2.10. The molecule has 0 N–H and O–H groups in total. The molecule has 0 aromatic carbocycles. The first kappa shape index (κ1) is 10.2. The van der Waals surface area contributed by atoms with Gasteiger partial charge >= 0.3 is 0 Å². The van der Waals surface area contributed by atoms with Gasteiger partial charge in [-0.25, -0.2) is 4.98 Å². The summed E-state index contributed by atoms with van der Waals surface area (Å²) in [5.41, 5.74) is 1.46. The minimum absolute atomic E-state index is 0.0162. The Morgan fingerprint density at radius 3 is 2.87 bits per heavy atom. The van der Waals surface area contributed by atoms with Crippen molar-refractivity contribution >= 4 is 27.5 Å². The second-order valence-corrected chi connectivity index (χ2v) is 4.24. The molecule has 0 aliphatic carbocycles. The van der Waals surface area contributed by atoms with Crippen LogP contribution in [-0.4, -0.2) is 34.3 Å². The first-order valence-electron chi connectivity index (χ1n) is 4.44. The highest BCUT2D eigenvalue weighted by molar-refractivity contribution is 9.10. The average molecular weight is 268 g/mol. The van der Waals surface area contributed by atoms with Gasteiger partial charge in [0.15, 0.2) is 0 Å². The molecule has 0 aliphatic heterocycles. The van der Waals surface area contributed by atoms with Crippen molar-refractivity contribution in [3.63, 3.8) is 0 Å². The number of fused-ring (bicyclic) bond motifs is 1. The van der Waals surface area contributed by atoms with Crippen LogP contribution in [0.15, 0.2) is 29.1 Å². The Balaban J connectivity index is 2.55. The zero-order valence-corrected chi connectivity index (χ0v) is 10.0. The van der Waals surface area contributed by atoms with Crippen LogP contribution in [0, 0.1) is 0 Å². The fraction of sp³-hybridized carbons (Fsp3) is 0.200. The van der Waals surface area contributed by atoms with Crippen LogP contribution in [-0.2, 0) is 0 Å². The van der Waals surface area contributed by atoms with Gasteiger partial charge in [0.1, 0.15) is 10.3 Å². The van der Waals surface area contributed by atoms with Crippen LogP contribution in [0.4, 0.5) is 0 Å². The first-order valence-corrected chi connectivity index (χ1v) is 5.23. The zero-order chi connectivity index (χ0) is 11.0. The van der Waals surface area contributed by atoms with E-state index in [0.29, 0.717) is 5.56 Å². The van der Waals surface area contributed by atoms with Crippen molar-refractivity contribution in [1.82, 2.24) is 14.3 Å². The topological polar surface area (TPSA) is 37.6 Å². The van der Waals surface area contributed by atoms with E-state index >= 15 is 0 Å². The van der Waals surface area contributed by atoms with E-state index in [1.54, 1.807) is 37.5 Å². The molecular weight excluding hydrogens is 258 g/mol. The SMILES string of the molecule is CN(C)C(=O)c1ccc2ncc(Br)n2c1. The predicted octanol–water partition coefficient (Wildman–Crippen LogP) is 1.80. The number of amides is 1. The highest BCUT2D eigenvalue weighted by Crippen LogP contribution is 2.14. The standard InChI is InChI=1S/C10H10BrN3O/c1-13(2)10(15)7-3-4-9-12-5-8(11)14(9)6-7/h3-6H,1-2H3. The van der Waals surface area contributed by atoms with Crippen LogP contribution in [0.25, 0.3) is 5.65 Å². The van der Waals surface area contributed by atoms with Crippen LogP contribution in [0.1, 0.15) is 10.4 Å². The first-order chi connectivity index (χ1) is 7.09. The summed E-state index contributed by atoms with van der Waals surface area (Å²) in [7, 11) is 3.46. The number of imidazole rings is 1. The van der Waals surface area contributed by atoms with Crippen LogP contribution in [0.5, 0.6) is 0 Å². The van der Waals surface area contributed by atoms with Crippen molar-refractivity contribution in [3.8, 4) is 0 Å². The number of pyridine rings is 1. The molecule has 1 amide bonds.